The minimum atomic E-state index is 0.163. The summed E-state index contributed by atoms with van der Waals surface area (Å²) in [4.78, 5) is 8.44. The van der Waals surface area contributed by atoms with Crippen LogP contribution in [-0.4, -0.2) is 9.97 Å². The van der Waals surface area contributed by atoms with Gasteiger partial charge in [0.2, 0.25) is 0 Å². The molecule has 0 bridgehead atoms. The molecular weight excluding hydrogens is 326 g/mol. The van der Waals surface area contributed by atoms with Crippen molar-refractivity contribution in [2.75, 3.05) is 0 Å². The van der Waals surface area contributed by atoms with Crippen LogP contribution in [0.2, 0.25) is 5.02 Å². The zero-order chi connectivity index (χ0) is 13.8. The smallest absolute Gasteiger partial charge is 0.125 e. The number of rotatable bonds is 4. The van der Waals surface area contributed by atoms with Gasteiger partial charge in [-0.3, -0.25) is 0 Å². The standard InChI is InChI=1S/C14H15BrClN3/c1-9(13-4-3-11(15)7-14(13)16)18-8-12-5-6-17-10(2)19-12/h3-7,9,18H,8H2,1-2H3. The van der Waals surface area contributed by atoms with Crippen LogP contribution in [0, 0.1) is 6.92 Å². The average molecular weight is 341 g/mol. The molecule has 0 saturated carbocycles. The van der Waals surface area contributed by atoms with E-state index in [-0.39, 0.29) is 6.04 Å². The fourth-order valence-electron chi connectivity index (χ4n) is 1.82. The van der Waals surface area contributed by atoms with Gasteiger partial charge >= 0.3 is 0 Å². The van der Waals surface area contributed by atoms with Crippen molar-refractivity contribution in [2.45, 2.75) is 26.4 Å². The van der Waals surface area contributed by atoms with Crippen molar-refractivity contribution in [3.8, 4) is 0 Å². The van der Waals surface area contributed by atoms with Gasteiger partial charge in [-0.15, -0.1) is 0 Å². The third-order valence-electron chi connectivity index (χ3n) is 2.85. The van der Waals surface area contributed by atoms with E-state index in [1.807, 2.05) is 31.2 Å². The van der Waals surface area contributed by atoms with E-state index in [2.05, 4.69) is 38.1 Å². The SMILES string of the molecule is Cc1nccc(CNC(C)c2ccc(Br)cc2Cl)n1. The number of hydrogen-bond donors (Lipinski definition) is 1. The molecule has 1 aromatic heterocycles. The van der Waals surface area contributed by atoms with Crippen molar-refractivity contribution < 1.29 is 0 Å². The molecule has 3 nitrogen and oxygen atoms in total. The summed E-state index contributed by atoms with van der Waals surface area (Å²) in [5.74, 6) is 0.786. The topological polar surface area (TPSA) is 37.8 Å². The van der Waals surface area contributed by atoms with Gasteiger partial charge in [-0.2, -0.15) is 0 Å². The van der Waals surface area contributed by atoms with Crippen LogP contribution in [0.25, 0.3) is 0 Å². The molecule has 0 amide bonds. The lowest BCUT2D eigenvalue weighted by atomic mass is 10.1. The monoisotopic (exact) mass is 339 g/mol. The highest BCUT2D eigenvalue weighted by atomic mass is 79.9. The van der Waals surface area contributed by atoms with Crippen LogP contribution < -0.4 is 5.32 Å². The summed E-state index contributed by atoms with van der Waals surface area (Å²) in [5.41, 5.74) is 2.06. The highest BCUT2D eigenvalue weighted by molar-refractivity contribution is 9.10. The molecule has 5 heteroatoms. The molecule has 1 aromatic carbocycles. The minimum absolute atomic E-state index is 0.163. The maximum atomic E-state index is 6.24. The molecule has 19 heavy (non-hydrogen) atoms. The van der Waals surface area contributed by atoms with Gasteiger partial charge < -0.3 is 5.32 Å². The van der Waals surface area contributed by atoms with Crippen LogP contribution in [0.4, 0.5) is 0 Å². The number of halogens is 2. The Morgan fingerprint density at radius 2 is 2.16 bits per heavy atom. The van der Waals surface area contributed by atoms with Crippen LogP contribution in [0.1, 0.15) is 30.0 Å². The van der Waals surface area contributed by atoms with Gasteiger partial charge in [0.1, 0.15) is 5.82 Å². The van der Waals surface area contributed by atoms with E-state index in [1.165, 1.54) is 0 Å². The quantitative estimate of drug-likeness (QED) is 0.912. The first-order valence-electron chi connectivity index (χ1n) is 6.03. The van der Waals surface area contributed by atoms with Gasteiger partial charge in [-0.25, -0.2) is 9.97 Å². The number of aryl methyl sites for hydroxylation is 1. The molecule has 0 saturated heterocycles. The Morgan fingerprint density at radius 3 is 2.84 bits per heavy atom. The largest absolute Gasteiger partial charge is 0.305 e. The van der Waals surface area contributed by atoms with Crippen molar-refractivity contribution in [1.29, 1.82) is 0 Å². The van der Waals surface area contributed by atoms with Crippen molar-refractivity contribution in [1.82, 2.24) is 15.3 Å². The second-order valence-corrected chi connectivity index (χ2v) is 5.69. The summed E-state index contributed by atoms with van der Waals surface area (Å²) < 4.78 is 0.986. The summed E-state index contributed by atoms with van der Waals surface area (Å²) in [5, 5.41) is 4.17. The summed E-state index contributed by atoms with van der Waals surface area (Å²) in [6.45, 7) is 4.67. The fourth-order valence-corrected chi connectivity index (χ4v) is 2.66. The van der Waals surface area contributed by atoms with Gasteiger partial charge in [0.05, 0.1) is 5.69 Å². The van der Waals surface area contributed by atoms with E-state index >= 15 is 0 Å². The number of hydrogen-bond acceptors (Lipinski definition) is 3. The molecule has 100 valence electrons. The number of aromatic nitrogens is 2. The first-order chi connectivity index (χ1) is 9.06. The highest BCUT2D eigenvalue weighted by Crippen LogP contribution is 2.26. The Labute approximate surface area is 126 Å². The molecule has 0 aliphatic heterocycles. The Hall–Kier alpha value is -0.970. The highest BCUT2D eigenvalue weighted by Gasteiger charge is 2.09. The molecule has 0 fully saturated rings. The van der Waals surface area contributed by atoms with E-state index in [0.29, 0.717) is 6.54 Å². The van der Waals surface area contributed by atoms with Crippen LogP contribution in [0.3, 0.4) is 0 Å². The number of benzene rings is 1. The zero-order valence-corrected chi connectivity index (χ0v) is 13.2. The summed E-state index contributed by atoms with van der Waals surface area (Å²) in [6.07, 6.45) is 1.77. The van der Waals surface area contributed by atoms with E-state index in [1.54, 1.807) is 6.20 Å². The van der Waals surface area contributed by atoms with Crippen molar-refractivity contribution >= 4 is 27.5 Å². The average Bonchev–Trinajstić information content (AvgIpc) is 2.36. The van der Waals surface area contributed by atoms with Crippen molar-refractivity contribution in [3.05, 3.63) is 57.0 Å². The molecule has 0 aliphatic rings. The van der Waals surface area contributed by atoms with Gasteiger partial charge in [0.15, 0.2) is 0 Å². The molecule has 1 atom stereocenters. The van der Waals surface area contributed by atoms with Gasteiger partial charge in [0, 0.05) is 28.3 Å². The molecule has 2 aromatic rings. The predicted molar refractivity (Wildman–Crippen MR) is 81.2 cm³/mol. The van der Waals surface area contributed by atoms with Gasteiger partial charge in [-0.1, -0.05) is 33.6 Å². The molecule has 1 N–H and O–H groups in total. The second kappa shape index (κ2) is 6.46. The fraction of sp³-hybridized carbons (Fsp3) is 0.286. The second-order valence-electron chi connectivity index (χ2n) is 4.36. The zero-order valence-electron chi connectivity index (χ0n) is 10.8. The van der Waals surface area contributed by atoms with E-state index in [0.717, 1.165) is 26.6 Å². The van der Waals surface area contributed by atoms with Crippen LogP contribution >= 0.6 is 27.5 Å². The Kier molecular flexibility index (Phi) is 4.91. The van der Waals surface area contributed by atoms with Gasteiger partial charge in [0.25, 0.3) is 0 Å². The third kappa shape index (κ3) is 4.00. The third-order valence-corrected chi connectivity index (χ3v) is 3.67. The first-order valence-corrected chi connectivity index (χ1v) is 7.20. The summed E-state index contributed by atoms with van der Waals surface area (Å²) >= 11 is 9.64. The summed E-state index contributed by atoms with van der Waals surface area (Å²) in [6, 6.07) is 8.00. The Morgan fingerprint density at radius 1 is 1.37 bits per heavy atom. The molecular formula is C14H15BrClN3. The van der Waals surface area contributed by atoms with Gasteiger partial charge in [-0.05, 0) is 37.6 Å². The molecule has 0 radical (unpaired) electrons. The first kappa shape index (κ1) is 14.4. The lowest BCUT2D eigenvalue weighted by Crippen LogP contribution is -2.19. The molecule has 2 rings (SSSR count). The molecule has 0 aliphatic carbocycles. The Bertz CT molecular complexity index is 574. The number of nitrogens with zero attached hydrogens (tertiary/aromatic N) is 2. The Balaban J connectivity index is 2.03. The van der Waals surface area contributed by atoms with Crippen molar-refractivity contribution in [3.63, 3.8) is 0 Å². The predicted octanol–water partition coefficient (Wildman–Crippen LogP) is 4.05. The lowest BCUT2D eigenvalue weighted by Gasteiger charge is -2.15. The van der Waals surface area contributed by atoms with E-state index in [4.69, 9.17) is 11.6 Å². The molecule has 0 spiro atoms. The molecule has 1 unspecified atom stereocenters. The van der Waals surface area contributed by atoms with Crippen LogP contribution in [0.5, 0.6) is 0 Å². The lowest BCUT2D eigenvalue weighted by molar-refractivity contribution is 0.566. The maximum absolute atomic E-state index is 6.24. The number of nitrogens with one attached hydrogen (secondary N) is 1. The molecule has 1 heterocycles. The minimum Gasteiger partial charge on any atom is -0.305 e. The van der Waals surface area contributed by atoms with E-state index in [9.17, 15) is 0 Å². The van der Waals surface area contributed by atoms with Crippen molar-refractivity contribution in [2.24, 2.45) is 0 Å². The van der Waals surface area contributed by atoms with Crippen LogP contribution in [-0.2, 0) is 6.54 Å². The maximum Gasteiger partial charge on any atom is 0.125 e. The summed E-state index contributed by atoms with van der Waals surface area (Å²) in [7, 11) is 0. The normalized spacial score (nSPS) is 12.4. The van der Waals surface area contributed by atoms with E-state index < -0.39 is 0 Å². The van der Waals surface area contributed by atoms with Crippen LogP contribution in [0.15, 0.2) is 34.9 Å².